The number of carboxylic acid groups (broad SMARTS) is 1. The average Bonchev–Trinajstić information content (AvgIpc) is 3.28. The summed E-state index contributed by atoms with van der Waals surface area (Å²) in [5.74, 6) is -0.764. The van der Waals surface area contributed by atoms with Gasteiger partial charge in [0.05, 0.1) is 24.5 Å². The SMILES string of the molecule is Cc1ccccc1C1(C(=O)N2CCOC(CC(=O)O)C2)CC1. The zero-order valence-electron chi connectivity index (χ0n) is 12.7. The standard InChI is InChI=1S/C17H21NO4/c1-12-4-2-3-5-14(12)17(6-7-17)16(21)18-8-9-22-13(11-18)10-15(19)20/h2-5,13H,6-11H2,1H3,(H,19,20). The number of morpholine rings is 1. The van der Waals surface area contributed by atoms with E-state index < -0.39 is 17.5 Å². The van der Waals surface area contributed by atoms with E-state index in [1.807, 2.05) is 31.2 Å². The Hall–Kier alpha value is -1.88. The van der Waals surface area contributed by atoms with Crippen LogP contribution in [-0.2, 0) is 19.7 Å². The van der Waals surface area contributed by atoms with E-state index in [-0.39, 0.29) is 12.3 Å². The van der Waals surface area contributed by atoms with Gasteiger partial charge in [-0.2, -0.15) is 0 Å². The summed E-state index contributed by atoms with van der Waals surface area (Å²) < 4.78 is 5.46. The van der Waals surface area contributed by atoms with Crippen LogP contribution < -0.4 is 0 Å². The number of aryl methyl sites for hydroxylation is 1. The Morgan fingerprint density at radius 2 is 2.09 bits per heavy atom. The van der Waals surface area contributed by atoms with Gasteiger partial charge in [0.1, 0.15) is 0 Å². The molecule has 1 aromatic carbocycles. The van der Waals surface area contributed by atoms with Crippen LogP contribution in [0.25, 0.3) is 0 Å². The number of nitrogens with zero attached hydrogens (tertiary/aromatic N) is 1. The van der Waals surface area contributed by atoms with Crippen LogP contribution in [-0.4, -0.2) is 47.7 Å². The molecule has 118 valence electrons. The van der Waals surface area contributed by atoms with E-state index in [1.165, 1.54) is 0 Å². The highest BCUT2D eigenvalue weighted by Gasteiger charge is 2.54. The quantitative estimate of drug-likeness (QED) is 0.920. The summed E-state index contributed by atoms with van der Waals surface area (Å²) in [5, 5.41) is 8.89. The number of carbonyl (C=O) groups excluding carboxylic acids is 1. The Morgan fingerprint density at radius 1 is 1.36 bits per heavy atom. The zero-order chi connectivity index (χ0) is 15.7. The summed E-state index contributed by atoms with van der Waals surface area (Å²) in [6.07, 6.45) is 1.29. The van der Waals surface area contributed by atoms with Gasteiger partial charge in [-0.05, 0) is 30.9 Å². The minimum atomic E-state index is -0.890. The topological polar surface area (TPSA) is 66.8 Å². The van der Waals surface area contributed by atoms with Gasteiger partial charge in [0.2, 0.25) is 5.91 Å². The molecule has 0 radical (unpaired) electrons. The van der Waals surface area contributed by atoms with E-state index in [2.05, 4.69) is 0 Å². The Balaban J connectivity index is 1.76. The fourth-order valence-electron chi connectivity index (χ4n) is 3.36. The molecule has 0 aromatic heterocycles. The van der Waals surface area contributed by atoms with Crippen LogP contribution >= 0.6 is 0 Å². The number of carbonyl (C=O) groups is 2. The fraction of sp³-hybridized carbons (Fsp3) is 0.529. The van der Waals surface area contributed by atoms with Gasteiger partial charge < -0.3 is 14.7 Å². The Kier molecular flexibility index (Phi) is 3.91. The lowest BCUT2D eigenvalue weighted by molar-refractivity contribution is -0.149. The molecular formula is C17H21NO4. The monoisotopic (exact) mass is 303 g/mol. The molecule has 1 heterocycles. The molecular weight excluding hydrogens is 282 g/mol. The number of aliphatic carboxylic acids is 1. The Bertz CT molecular complexity index is 594. The van der Waals surface area contributed by atoms with Crippen LogP contribution in [0.4, 0.5) is 0 Å². The summed E-state index contributed by atoms with van der Waals surface area (Å²) >= 11 is 0. The molecule has 2 fully saturated rings. The van der Waals surface area contributed by atoms with Gasteiger partial charge in [-0.15, -0.1) is 0 Å². The maximum atomic E-state index is 13.0. The summed E-state index contributed by atoms with van der Waals surface area (Å²) in [7, 11) is 0. The number of ether oxygens (including phenoxy) is 1. The second-order valence-electron chi connectivity index (χ2n) is 6.24. The summed E-state index contributed by atoms with van der Waals surface area (Å²) in [6.45, 7) is 3.37. The predicted octanol–water partition coefficient (Wildman–Crippen LogP) is 1.73. The van der Waals surface area contributed by atoms with Gasteiger partial charge >= 0.3 is 5.97 Å². The van der Waals surface area contributed by atoms with Gasteiger partial charge in [-0.25, -0.2) is 0 Å². The molecule has 1 aromatic rings. The van der Waals surface area contributed by atoms with Crippen molar-refractivity contribution < 1.29 is 19.4 Å². The molecule has 1 amide bonds. The van der Waals surface area contributed by atoms with E-state index in [4.69, 9.17) is 9.84 Å². The lowest BCUT2D eigenvalue weighted by Crippen LogP contribution is -2.49. The lowest BCUT2D eigenvalue weighted by atomic mass is 9.90. The molecule has 0 spiro atoms. The van der Waals surface area contributed by atoms with Crippen molar-refractivity contribution in [3.05, 3.63) is 35.4 Å². The molecule has 22 heavy (non-hydrogen) atoms. The van der Waals surface area contributed by atoms with Crippen LogP contribution in [0.5, 0.6) is 0 Å². The van der Waals surface area contributed by atoms with Crippen LogP contribution in [0.1, 0.15) is 30.4 Å². The first-order valence-corrected chi connectivity index (χ1v) is 7.72. The smallest absolute Gasteiger partial charge is 0.306 e. The zero-order valence-corrected chi connectivity index (χ0v) is 12.7. The highest BCUT2D eigenvalue weighted by atomic mass is 16.5. The molecule has 1 saturated heterocycles. The highest BCUT2D eigenvalue weighted by molar-refractivity contribution is 5.91. The number of amides is 1. The maximum absolute atomic E-state index is 13.0. The van der Waals surface area contributed by atoms with E-state index in [1.54, 1.807) is 4.90 Å². The number of rotatable bonds is 4. The van der Waals surface area contributed by atoms with Gasteiger partial charge in [-0.1, -0.05) is 24.3 Å². The largest absolute Gasteiger partial charge is 0.481 e. The number of benzene rings is 1. The summed E-state index contributed by atoms with van der Waals surface area (Å²) in [4.78, 5) is 25.6. The van der Waals surface area contributed by atoms with Gasteiger partial charge in [0.25, 0.3) is 0 Å². The van der Waals surface area contributed by atoms with Gasteiger partial charge in [0, 0.05) is 13.1 Å². The first kappa shape index (κ1) is 15.0. The molecule has 2 aliphatic rings. The molecule has 1 N–H and O–H groups in total. The van der Waals surface area contributed by atoms with Gasteiger partial charge in [-0.3, -0.25) is 9.59 Å². The fourth-order valence-corrected chi connectivity index (χ4v) is 3.36. The van der Waals surface area contributed by atoms with Crippen LogP contribution in [0, 0.1) is 6.92 Å². The molecule has 5 heteroatoms. The minimum absolute atomic E-state index is 0.0544. The average molecular weight is 303 g/mol. The lowest BCUT2D eigenvalue weighted by Gasteiger charge is -2.35. The van der Waals surface area contributed by atoms with Crippen molar-refractivity contribution in [3.8, 4) is 0 Å². The molecule has 1 aliphatic carbocycles. The number of hydrogen-bond acceptors (Lipinski definition) is 3. The molecule has 3 rings (SSSR count). The van der Waals surface area contributed by atoms with E-state index >= 15 is 0 Å². The molecule has 1 unspecified atom stereocenters. The van der Waals surface area contributed by atoms with Crippen LogP contribution in [0.15, 0.2) is 24.3 Å². The molecule has 1 atom stereocenters. The Labute approximate surface area is 129 Å². The number of hydrogen-bond donors (Lipinski definition) is 1. The predicted molar refractivity (Wildman–Crippen MR) is 80.7 cm³/mol. The first-order valence-electron chi connectivity index (χ1n) is 7.72. The van der Waals surface area contributed by atoms with E-state index in [9.17, 15) is 9.59 Å². The third-order valence-corrected chi connectivity index (χ3v) is 4.65. The normalized spacial score (nSPS) is 23.1. The van der Waals surface area contributed by atoms with Crippen LogP contribution in [0.2, 0.25) is 0 Å². The van der Waals surface area contributed by atoms with Crippen molar-refractivity contribution in [2.45, 2.75) is 37.7 Å². The van der Waals surface area contributed by atoms with Gasteiger partial charge in [0.15, 0.2) is 0 Å². The number of carboxylic acids is 1. The van der Waals surface area contributed by atoms with Crippen molar-refractivity contribution in [1.82, 2.24) is 4.90 Å². The van der Waals surface area contributed by atoms with E-state index in [0.717, 1.165) is 24.0 Å². The second-order valence-corrected chi connectivity index (χ2v) is 6.24. The van der Waals surface area contributed by atoms with Crippen molar-refractivity contribution in [2.24, 2.45) is 0 Å². The Morgan fingerprint density at radius 3 is 2.73 bits per heavy atom. The van der Waals surface area contributed by atoms with Crippen molar-refractivity contribution in [2.75, 3.05) is 19.7 Å². The molecule has 1 aliphatic heterocycles. The van der Waals surface area contributed by atoms with Crippen molar-refractivity contribution in [3.63, 3.8) is 0 Å². The highest BCUT2D eigenvalue weighted by Crippen LogP contribution is 2.50. The van der Waals surface area contributed by atoms with Crippen molar-refractivity contribution in [1.29, 1.82) is 0 Å². The second kappa shape index (κ2) is 5.72. The minimum Gasteiger partial charge on any atom is -0.481 e. The molecule has 1 saturated carbocycles. The summed E-state index contributed by atoms with van der Waals surface area (Å²) in [5.41, 5.74) is 1.86. The van der Waals surface area contributed by atoms with Crippen LogP contribution in [0.3, 0.4) is 0 Å². The summed E-state index contributed by atoms with van der Waals surface area (Å²) in [6, 6.07) is 8.03. The molecule has 0 bridgehead atoms. The van der Waals surface area contributed by atoms with E-state index in [0.29, 0.717) is 19.7 Å². The maximum Gasteiger partial charge on any atom is 0.306 e. The molecule has 5 nitrogen and oxygen atoms in total. The first-order chi connectivity index (χ1) is 10.5. The third-order valence-electron chi connectivity index (χ3n) is 4.65. The van der Waals surface area contributed by atoms with Crippen molar-refractivity contribution >= 4 is 11.9 Å². The third kappa shape index (κ3) is 2.73.